The second kappa shape index (κ2) is 7.46. The largest absolute Gasteiger partial charge is 0.477 e. The van der Waals surface area contributed by atoms with Gasteiger partial charge in [-0.3, -0.25) is 0 Å². The molecule has 0 aliphatic rings. The van der Waals surface area contributed by atoms with Crippen molar-refractivity contribution in [1.29, 1.82) is 0 Å². The molecular formula is C16H28O4. The first-order valence-electron chi connectivity index (χ1n) is 7.34. The zero-order valence-electron chi connectivity index (χ0n) is 13.5. The number of aliphatic carboxylic acids is 2. The van der Waals surface area contributed by atoms with Crippen molar-refractivity contribution in [2.75, 3.05) is 0 Å². The number of carbonyl (C=O) groups is 2. The van der Waals surface area contributed by atoms with Crippen LogP contribution in [0.25, 0.3) is 0 Å². The number of hydrogen-bond donors (Lipinski definition) is 2. The maximum atomic E-state index is 11.4. The molecule has 0 rings (SSSR count). The van der Waals surface area contributed by atoms with Crippen molar-refractivity contribution in [3.63, 3.8) is 0 Å². The monoisotopic (exact) mass is 284 g/mol. The molecule has 0 fully saturated rings. The number of hydrogen-bond acceptors (Lipinski definition) is 2. The number of carboxylic acids is 2. The molecule has 0 saturated heterocycles. The van der Waals surface area contributed by atoms with Gasteiger partial charge >= 0.3 is 11.9 Å². The summed E-state index contributed by atoms with van der Waals surface area (Å²) < 4.78 is 0. The van der Waals surface area contributed by atoms with E-state index in [2.05, 4.69) is 0 Å². The predicted octanol–water partition coefficient (Wildman–Crippen LogP) is 3.96. The minimum Gasteiger partial charge on any atom is -0.477 e. The van der Waals surface area contributed by atoms with Gasteiger partial charge in [0, 0.05) is 0 Å². The molecular weight excluding hydrogens is 256 g/mol. The standard InChI is InChI=1S/C16H28O4/c1-7-16(8-2,11(5)6)12(9-10(3)4)13(14(17)18)15(19)20/h10-11H,7-9H2,1-6H3,(H,17,18)(H,19,20). The highest BCUT2D eigenvalue weighted by Gasteiger charge is 2.39. The first-order chi connectivity index (χ1) is 9.13. The summed E-state index contributed by atoms with van der Waals surface area (Å²) in [4.78, 5) is 22.9. The summed E-state index contributed by atoms with van der Waals surface area (Å²) in [7, 11) is 0. The van der Waals surface area contributed by atoms with E-state index >= 15 is 0 Å². The Morgan fingerprint density at radius 3 is 1.55 bits per heavy atom. The number of carboxylic acid groups (broad SMARTS) is 2. The van der Waals surface area contributed by atoms with Crippen LogP contribution >= 0.6 is 0 Å². The molecule has 0 atom stereocenters. The quantitative estimate of drug-likeness (QED) is 0.402. The van der Waals surface area contributed by atoms with Gasteiger partial charge in [-0.1, -0.05) is 41.5 Å². The van der Waals surface area contributed by atoms with Crippen LogP contribution in [0, 0.1) is 17.3 Å². The molecule has 0 saturated carbocycles. The molecule has 2 N–H and O–H groups in total. The van der Waals surface area contributed by atoms with Crippen LogP contribution in [0.4, 0.5) is 0 Å². The van der Waals surface area contributed by atoms with Crippen LogP contribution in [-0.2, 0) is 9.59 Å². The van der Waals surface area contributed by atoms with E-state index in [0.717, 1.165) is 12.8 Å². The van der Waals surface area contributed by atoms with E-state index in [-0.39, 0.29) is 17.3 Å². The number of rotatable bonds is 8. The van der Waals surface area contributed by atoms with E-state index < -0.39 is 17.5 Å². The summed E-state index contributed by atoms with van der Waals surface area (Å²) in [6.07, 6.45) is 1.99. The summed E-state index contributed by atoms with van der Waals surface area (Å²) in [5.41, 5.74) is -0.209. The Bertz CT molecular complexity index is 371. The zero-order valence-corrected chi connectivity index (χ0v) is 13.5. The van der Waals surface area contributed by atoms with E-state index in [1.54, 1.807) is 0 Å². The Hall–Kier alpha value is -1.32. The third-order valence-electron chi connectivity index (χ3n) is 4.31. The first-order valence-corrected chi connectivity index (χ1v) is 7.34. The van der Waals surface area contributed by atoms with Crippen LogP contribution in [0.15, 0.2) is 11.1 Å². The highest BCUT2D eigenvalue weighted by atomic mass is 16.4. The van der Waals surface area contributed by atoms with Gasteiger partial charge in [-0.25, -0.2) is 9.59 Å². The molecule has 20 heavy (non-hydrogen) atoms. The average Bonchev–Trinajstić information content (AvgIpc) is 2.28. The third kappa shape index (κ3) is 3.84. The van der Waals surface area contributed by atoms with Crippen LogP contribution in [-0.4, -0.2) is 22.2 Å². The lowest BCUT2D eigenvalue weighted by molar-refractivity contribution is -0.140. The fraction of sp³-hybridized carbons (Fsp3) is 0.750. The molecule has 0 aromatic heterocycles. The first kappa shape index (κ1) is 18.7. The molecule has 0 aliphatic heterocycles. The van der Waals surface area contributed by atoms with Crippen LogP contribution in [0.1, 0.15) is 60.8 Å². The minimum absolute atomic E-state index is 0.194. The molecule has 0 aromatic rings. The Kier molecular flexibility index (Phi) is 6.97. The van der Waals surface area contributed by atoms with Gasteiger partial charge in [0.05, 0.1) is 0 Å². The Morgan fingerprint density at radius 1 is 0.950 bits per heavy atom. The van der Waals surface area contributed by atoms with E-state index in [4.69, 9.17) is 0 Å². The summed E-state index contributed by atoms with van der Waals surface area (Å²) in [6.45, 7) is 12.1. The maximum Gasteiger partial charge on any atom is 0.343 e. The van der Waals surface area contributed by atoms with Gasteiger partial charge in [-0.2, -0.15) is 0 Å². The Labute approximate surface area is 121 Å². The van der Waals surface area contributed by atoms with Crippen molar-refractivity contribution in [2.45, 2.75) is 60.8 Å². The SMILES string of the molecule is CCC(CC)(C(CC(C)C)=C(C(=O)O)C(=O)O)C(C)C. The molecule has 0 bridgehead atoms. The molecule has 0 spiro atoms. The molecule has 0 aromatic carbocycles. The minimum atomic E-state index is -1.33. The zero-order chi connectivity index (χ0) is 16.1. The van der Waals surface area contributed by atoms with E-state index in [1.807, 2.05) is 41.5 Å². The molecule has 4 heteroatoms. The lowest BCUT2D eigenvalue weighted by Crippen LogP contribution is -2.33. The van der Waals surface area contributed by atoms with Gasteiger partial charge < -0.3 is 10.2 Å². The van der Waals surface area contributed by atoms with Crippen LogP contribution in [0.3, 0.4) is 0 Å². The molecule has 0 heterocycles. The normalized spacial score (nSPS) is 11.8. The molecule has 0 amide bonds. The second-order valence-electron chi connectivity index (χ2n) is 6.08. The molecule has 0 radical (unpaired) electrons. The van der Waals surface area contributed by atoms with Crippen molar-refractivity contribution >= 4 is 11.9 Å². The summed E-state index contributed by atoms with van der Waals surface area (Å²) in [5, 5.41) is 18.6. The van der Waals surface area contributed by atoms with Gasteiger partial charge in [0.15, 0.2) is 0 Å². The fourth-order valence-corrected chi connectivity index (χ4v) is 3.15. The maximum absolute atomic E-state index is 11.4. The van der Waals surface area contributed by atoms with E-state index in [9.17, 15) is 19.8 Å². The lowest BCUT2D eigenvalue weighted by Gasteiger charge is -2.40. The molecule has 0 aliphatic carbocycles. The van der Waals surface area contributed by atoms with Gasteiger partial charge in [0.25, 0.3) is 0 Å². The molecule has 0 unspecified atom stereocenters. The van der Waals surface area contributed by atoms with Crippen molar-refractivity contribution in [3.05, 3.63) is 11.1 Å². The second-order valence-corrected chi connectivity index (χ2v) is 6.08. The Balaban J connectivity index is 6.32. The summed E-state index contributed by atoms with van der Waals surface area (Å²) in [5.74, 6) is -2.25. The predicted molar refractivity (Wildman–Crippen MR) is 79.6 cm³/mol. The fourth-order valence-electron chi connectivity index (χ4n) is 3.15. The third-order valence-corrected chi connectivity index (χ3v) is 4.31. The van der Waals surface area contributed by atoms with Crippen molar-refractivity contribution < 1.29 is 19.8 Å². The topological polar surface area (TPSA) is 74.6 Å². The van der Waals surface area contributed by atoms with Gasteiger partial charge in [-0.15, -0.1) is 0 Å². The van der Waals surface area contributed by atoms with Gasteiger partial charge in [-0.05, 0) is 42.1 Å². The summed E-state index contributed by atoms with van der Waals surface area (Å²) in [6, 6.07) is 0. The smallest absolute Gasteiger partial charge is 0.343 e. The van der Waals surface area contributed by atoms with Crippen molar-refractivity contribution in [1.82, 2.24) is 0 Å². The van der Waals surface area contributed by atoms with E-state index in [0.29, 0.717) is 12.0 Å². The van der Waals surface area contributed by atoms with Crippen LogP contribution < -0.4 is 0 Å². The van der Waals surface area contributed by atoms with Crippen LogP contribution in [0.5, 0.6) is 0 Å². The highest BCUT2D eigenvalue weighted by molar-refractivity contribution is 6.13. The highest BCUT2D eigenvalue weighted by Crippen LogP contribution is 2.46. The van der Waals surface area contributed by atoms with Crippen molar-refractivity contribution in [3.8, 4) is 0 Å². The molecule has 116 valence electrons. The Morgan fingerprint density at radius 2 is 1.35 bits per heavy atom. The molecule has 4 nitrogen and oxygen atoms in total. The van der Waals surface area contributed by atoms with E-state index in [1.165, 1.54) is 0 Å². The van der Waals surface area contributed by atoms with Gasteiger partial charge in [0.1, 0.15) is 5.57 Å². The average molecular weight is 284 g/mol. The lowest BCUT2D eigenvalue weighted by atomic mass is 9.64. The van der Waals surface area contributed by atoms with Gasteiger partial charge in [0.2, 0.25) is 0 Å². The summed E-state index contributed by atoms with van der Waals surface area (Å²) >= 11 is 0. The van der Waals surface area contributed by atoms with Crippen LogP contribution in [0.2, 0.25) is 0 Å². The van der Waals surface area contributed by atoms with Crippen molar-refractivity contribution in [2.24, 2.45) is 17.3 Å². The number of allylic oxidation sites excluding steroid dienone is 1.